The van der Waals surface area contributed by atoms with Crippen LogP contribution in [0.1, 0.15) is 35.7 Å². The van der Waals surface area contributed by atoms with Crippen molar-refractivity contribution >= 4 is 27.3 Å². The molecule has 18 heavy (non-hydrogen) atoms. The molecular formula is C14H17BrN2S. The third kappa shape index (κ3) is 3.40. The number of nitrogens with one attached hydrogen (secondary N) is 1. The predicted octanol–water partition coefficient (Wildman–Crippen LogP) is 4.30. The van der Waals surface area contributed by atoms with Crippen LogP contribution >= 0.6 is 27.3 Å². The van der Waals surface area contributed by atoms with Crippen molar-refractivity contribution < 1.29 is 0 Å². The number of aromatic nitrogens is 1. The average molecular weight is 325 g/mol. The zero-order valence-corrected chi connectivity index (χ0v) is 13.0. The SMILES string of the molecule is CCCNC(c1ccc(Br)cc1)c1nc(C)cs1. The van der Waals surface area contributed by atoms with E-state index >= 15 is 0 Å². The molecule has 2 rings (SSSR count). The van der Waals surface area contributed by atoms with Crippen LogP contribution in [0.15, 0.2) is 34.1 Å². The Hall–Kier alpha value is -0.710. The molecule has 1 unspecified atom stereocenters. The first-order chi connectivity index (χ1) is 8.70. The van der Waals surface area contributed by atoms with Crippen molar-refractivity contribution in [2.75, 3.05) is 6.54 Å². The van der Waals surface area contributed by atoms with Crippen molar-refractivity contribution in [1.29, 1.82) is 0 Å². The van der Waals surface area contributed by atoms with Crippen LogP contribution in [0.25, 0.3) is 0 Å². The first kappa shape index (κ1) is 13.7. The van der Waals surface area contributed by atoms with Gasteiger partial charge in [0.05, 0.1) is 6.04 Å². The standard InChI is InChI=1S/C14H17BrN2S/c1-3-8-16-13(14-17-10(2)9-18-14)11-4-6-12(15)7-5-11/h4-7,9,13,16H,3,8H2,1-2H3. The summed E-state index contributed by atoms with van der Waals surface area (Å²) in [6.45, 7) is 5.22. The molecule has 0 aliphatic rings. The lowest BCUT2D eigenvalue weighted by Crippen LogP contribution is -2.23. The molecule has 0 aliphatic carbocycles. The Morgan fingerprint density at radius 2 is 2.06 bits per heavy atom. The molecule has 2 aromatic rings. The van der Waals surface area contributed by atoms with E-state index in [-0.39, 0.29) is 6.04 Å². The Labute approximate surface area is 121 Å². The monoisotopic (exact) mass is 324 g/mol. The van der Waals surface area contributed by atoms with E-state index in [1.54, 1.807) is 11.3 Å². The topological polar surface area (TPSA) is 24.9 Å². The second kappa shape index (κ2) is 6.45. The van der Waals surface area contributed by atoms with Crippen molar-refractivity contribution in [1.82, 2.24) is 10.3 Å². The molecule has 1 aromatic heterocycles. The van der Waals surface area contributed by atoms with Crippen LogP contribution in [0.3, 0.4) is 0 Å². The van der Waals surface area contributed by atoms with Crippen LogP contribution in [-0.4, -0.2) is 11.5 Å². The van der Waals surface area contributed by atoms with Gasteiger partial charge >= 0.3 is 0 Å². The molecule has 0 amide bonds. The van der Waals surface area contributed by atoms with Gasteiger partial charge in [-0.2, -0.15) is 0 Å². The lowest BCUT2D eigenvalue weighted by molar-refractivity contribution is 0.595. The van der Waals surface area contributed by atoms with Crippen molar-refractivity contribution in [3.63, 3.8) is 0 Å². The number of hydrogen-bond acceptors (Lipinski definition) is 3. The highest BCUT2D eigenvalue weighted by molar-refractivity contribution is 9.10. The van der Waals surface area contributed by atoms with Crippen LogP contribution < -0.4 is 5.32 Å². The Bertz CT molecular complexity index is 493. The van der Waals surface area contributed by atoms with E-state index in [0.29, 0.717) is 0 Å². The van der Waals surface area contributed by atoms with Gasteiger partial charge < -0.3 is 5.32 Å². The summed E-state index contributed by atoms with van der Waals surface area (Å²) in [5.74, 6) is 0. The van der Waals surface area contributed by atoms with Crippen molar-refractivity contribution in [3.8, 4) is 0 Å². The summed E-state index contributed by atoms with van der Waals surface area (Å²) < 4.78 is 1.11. The van der Waals surface area contributed by atoms with E-state index in [2.05, 4.69) is 62.8 Å². The lowest BCUT2D eigenvalue weighted by Gasteiger charge is -2.16. The van der Waals surface area contributed by atoms with Gasteiger partial charge in [0.15, 0.2) is 0 Å². The molecule has 1 atom stereocenters. The van der Waals surface area contributed by atoms with E-state index in [4.69, 9.17) is 0 Å². The Morgan fingerprint density at radius 1 is 1.33 bits per heavy atom. The Morgan fingerprint density at radius 3 is 2.61 bits per heavy atom. The fraction of sp³-hybridized carbons (Fsp3) is 0.357. The maximum atomic E-state index is 4.61. The van der Waals surface area contributed by atoms with Gasteiger partial charge in [-0.1, -0.05) is 35.0 Å². The highest BCUT2D eigenvalue weighted by Crippen LogP contribution is 2.26. The van der Waals surface area contributed by atoms with Gasteiger partial charge in [-0.3, -0.25) is 0 Å². The van der Waals surface area contributed by atoms with Crippen LogP contribution in [0.5, 0.6) is 0 Å². The number of benzene rings is 1. The molecule has 0 spiro atoms. The van der Waals surface area contributed by atoms with Gasteiger partial charge in [0, 0.05) is 15.5 Å². The van der Waals surface area contributed by atoms with Gasteiger partial charge in [0.2, 0.25) is 0 Å². The van der Waals surface area contributed by atoms with E-state index < -0.39 is 0 Å². The molecular weight excluding hydrogens is 308 g/mol. The lowest BCUT2D eigenvalue weighted by atomic mass is 10.1. The Kier molecular flexibility index (Phi) is 4.92. The highest BCUT2D eigenvalue weighted by atomic mass is 79.9. The zero-order valence-electron chi connectivity index (χ0n) is 10.6. The van der Waals surface area contributed by atoms with Crippen LogP contribution in [0.4, 0.5) is 0 Å². The van der Waals surface area contributed by atoms with Gasteiger partial charge in [0.25, 0.3) is 0 Å². The molecule has 0 bridgehead atoms. The molecule has 0 saturated carbocycles. The molecule has 1 N–H and O–H groups in total. The van der Waals surface area contributed by atoms with Gasteiger partial charge in [-0.25, -0.2) is 4.98 Å². The van der Waals surface area contributed by atoms with E-state index in [0.717, 1.165) is 28.1 Å². The number of rotatable bonds is 5. The number of thiazole rings is 1. The smallest absolute Gasteiger partial charge is 0.114 e. The minimum absolute atomic E-state index is 0.205. The average Bonchev–Trinajstić information content (AvgIpc) is 2.78. The molecule has 4 heteroatoms. The molecule has 96 valence electrons. The second-order valence-electron chi connectivity index (χ2n) is 4.27. The minimum Gasteiger partial charge on any atom is -0.304 e. The van der Waals surface area contributed by atoms with Crippen molar-refractivity contribution in [2.45, 2.75) is 26.3 Å². The molecule has 0 radical (unpaired) electrons. The maximum absolute atomic E-state index is 4.61. The molecule has 1 heterocycles. The summed E-state index contributed by atoms with van der Waals surface area (Å²) in [5, 5.41) is 6.82. The molecule has 0 saturated heterocycles. The molecule has 1 aromatic carbocycles. The Balaban J connectivity index is 2.27. The van der Waals surface area contributed by atoms with Crippen LogP contribution in [0, 0.1) is 6.92 Å². The summed E-state index contributed by atoms with van der Waals surface area (Å²) in [6.07, 6.45) is 1.12. The van der Waals surface area contributed by atoms with E-state index in [1.807, 2.05) is 6.92 Å². The second-order valence-corrected chi connectivity index (χ2v) is 6.07. The van der Waals surface area contributed by atoms with Gasteiger partial charge in [0.1, 0.15) is 5.01 Å². The molecule has 0 fully saturated rings. The van der Waals surface area contributed by atoms with Crippen molar-refractivity contribution in [2.24, 2.45) is 0 Å². The van der Waals surface area contributed by atoms with Gasteiger partial charge in [-0.15, -0.1) is 11.3 Å². The third-order valence-corrected chi connectivity index (χ3v) is 4.24. The summed E-state index contributed by atoms with van der Waals surface area (Å²) in [6, 6.07) is 8.66. The normalized spacial score (nSPS) is 12.6. The van der Waals surface area contributed by atoms with Crippen molar-refractivity contribution in [3.05, 3.63) is 50.4 Å². The molecule has 2 nitrogen and oxygen atoms in total. The zero-order chi connectivity index (χ0) is 13.0. The van der Waals surface area contributed by atoms with E-state index in [9.17, 15) is 0 Å². The number of halogens is 1. The van der Waals surface area contributed by atoms with Crippen LogP contribution in [-0.2, 0) is 0 Å². The third-order valence-electron chi connectivity index (χ3n) is 2.69. The number of aryl methyl sites for hydroxylation is 1. The molecule has 0 aliphatic heterocycles. The maximum Gasteiger partial charge on any atom is 0.114 e. The minimum atomic E-state index is 0.205. The fourth-order valence-corrected chi connectivity index (χ4v) is 2.96. The van der Waals surface area contributed by atoms with Crippen LogP contribution in [0.2, 0.25) is 0 Å². The summed E-state index contributed by atoms with van der Waals surface area (Å²) >= 11 is 5.20. The fourth-order valence-electron chi connectivity index (χ4n) is 1.80. The predicted molar refractivity (Wildman–Crippen MR) is 81.1 cm³/mol. The first-order valence-corrected chi connectivity index (χ1v) is 7.79. The highest BCUT2D eigenvalue weighted by Gasteiger charge is 2.16. The largest absolute Gasteiger partial charge is 0.304 e. The summed E-state index contributed by atoms with van der Waals surface area (Å²) in [4.78, 5) is 4.61. The number of nitrogens with zero attached hydrogens (tertiary/aromatic N) is 1. The van der Waals surface area contributed by atoms with E-state index in [1.165, 1.54) is 5.56 Å². The summed E-state index contributed by atoms with van der Waals surface area (Å²) in [5.41, 5.74) is 2.36. The number of hydrogen-bond donors (Lipinski definition) is 1. The first-order valence-electron chi connectivity index (χ1n) is 6.11. The van der Waals surface area contributed by atoms with Gasteiger partial charge in [-0.05, 0) is 37.6 Å². The summed E-state index contributed by atoms with van der Waals surface area (Å²) in [7, 11) is 0. The quantitative estimate of drug-likeness (QED) is 0.886.